The Kier molecular flexibility index (Phi) is 5.02. The lowest BCUT2D eigenvalue weighted by molar-refractivity contribution is -0.126. The number of allylic oxidation sites excluding steroid dienone is 1. The number of nitrogens with zero attached hydrogens (tertiary/aromatic N) is 2. The maximum Gasteiger partial charge on any atom is 0.239 e. The van der Waals surface area contributed by atoms with Gasteiger partial charge in [-0.05, 0) is 36.8 Å². The van der Waals surface area contributed by atoms with Gasteiger partial charge in [-0.25, -0.2) is 0 Å². The summed E-state index contributed by atoms with van der Waals surface area (Å²) in [6.07, 6.45) is 2.31. The Labute approximate surface area is 163 Å². The quantitative estimate of drug-likeness (QED) is 0.685. The highest BCUT2D eigenvalue weighted by Crippen LogP contribution is 2.61. The molecule has 0 radical (unpaired) electrons. The standard InChI is InChI=1S/C20H22Cl2N2O2/c1-19(2)13(11-14(21)22)16(19)17(25)20(3,4)18-23-15(24-26-18)10-12-8-6-5-7-9-12/h5-9,11,13,16H,10H2,1-4H3. The van der Waals surface area contributed by atoms with Crippen molar-refractivity contribution in [1.82, 2.24) is 10.1 Å². The van der Waals surface area contributed by atoms with Crippen LogP contribution in [0.1, 0.15) is 45.0 Å². The van der Waals surface area contributed by atoms with E-state index < -0.39 is 5.41 Å². The molecule has 1 saturated carbocycles. The molecular weight excluding hydrogens is 371 g/mol. The van der Waals surface area contributed by atoms with Crippen LogP contribution in [-0.4, -0.2) is 15.9 Å². The summed E-state index contributed by atoms with van der Waals surface area (Å²) in [5, 5.41) is 4.05. The predicted molar refractivity (Wildman–Crippen MR) is 102 cm³/mol. The number of rotatable bonds is 6. The molecule has 0 N–H and O–H groups in total. The van der Waals surface area contributed by atoms with E-state index in [4.69, 9.17) is 27.7 Å². The summed E-state index contributed by atoms with van der Waals surface area (Å²) in [7, 11) is 0. The van der Waals surface area contributed by atoms with Gasteiger partial charge in [0.25, 0.3) is 0 Å². The number of aromatic nitrogens is 2. The van der Waals surface area contributed by atoms with Crippen LogP contribution in [0.3, 0.4) is 0 Å². The fourth-order valence-electron chi connectivity index (χ4n) is 3.48. The van der Waals surface area contributed by atoms with Gasteiger partial charge < -0.3 is 4.52 Å². The van der Waals surface area contributed by atoms with Gasteiger partial charge in [0.05, 0.1) is 0 Å². The molecule has 0 spiro atoms. The molecule has 0 amide bonds. The lowest BCUT2D eigenvalue weighted by atomic mass is 9.83. The van der Waals surface area contributed by atoms with E-state index >= 15 is 0 Å². The summed E-state index contributed by atoms with van der Waals surface area (Å²) in [5.74, 6) is 0.826. The third-order valence-corrected chi connectivity index (χ3v) is 5.57. The minimum Gasteiger partial charge on any atom is -0.338 e. The summed E-state index contributed by atoms with van der Waals surface area (Å²) in [6, 6.07) is 9.91. The molecule has 1 heterocycles. The van der Waals surface area contributed by atoms with Gasteiger partial charge in [-0.2, -0.15) is 4.98 Å². The van der Waals surface area contributed by atoms with Crippen molar-refractivity contribution in [1.29, 1.82) is 0 Å². The Morgan fingerprint density at radius 1 is 1.27 bits per heavy atom. The van der Waals surface area contributed by atoms with Gasteiger partial charge >= 0.3 is 0 Å². The number of carbonyl (C=O) groups is 1. The van der Waals surface area contributed by atoms with Crippen LogP contribution < -0.4 is 0 Å². The van der Waals surface area contributed by atoms with Crippen molar-refractivity contribution in [3.63, 3.8) is 0 Å². The highest BCUT2D eigenvalue weighted by Gasteiger charge is 2.63. The van der Waals surface area contributed by atoms with Crippen LogP contribution in [0.4, 0.5) is 0 Å². The van der Waals surface area contributed by atoms with E-state index in [1.165, 1.54) is 0 Å². The third kappa shape index (κ3) is 3.58. The summed E-state index contributed by atoms with van der Waals surface area (Å²) < 4.78 is 5.63. The number of Topliss-reactive ketones (excluding diaryl/α,β-unsaturated/α-hetero) is 1. The van der Waals surface area contributed by atoms with Crippen LogP contribution in [-0.2, 0) is 16.6 Å². The monoisotopic (exact) mass is 392 g/mol. The van der Waals surface area contributed by atoms with E-state index in [9.17, 15) is 4.79 Å². The Morgan fingerprint density at radius 3 is 2.54 bits per heavy atom. The number of benzene rings is 1. The Hall–Kier alpha value is -1.65. The fraction of sp³-hybridized carbons (Fsp3) is 0.450. The molecule has 26 heavy (non-hydrogen) atoms. The average Bonchev–Trinajstić information content (AvgIpc) is 2.91. The summed E-state index contributed by atoms with van der Waals surface area (Å²) in [5.41, 5.74) is 0.0379. The minimum absolute atomic E-state index is 0.0194. The molecule has 138 valence electrons. The van der Waals surface area contributed by atoms with E-state index in [-0.39, 0.29) is 27.5 Å². The molecule has 2 unspecified atom stereocenters. The minimum atomic E-state index is -0.870. The second-order valence-electron chi connectivity index (χ2n) is 7.95. The van der Waals surface area contributed by atoms with Crippen molar-refractivity contribution >= 4 is 29.0 Å². The van der Waals surface area contributed by atoms with Crippen LogP contribution in [0.5, 0.6) is 0 Å². The molecule has 2 aromatic rings. The van der Waals surface area contributed by atoms with Gasteiger partial charge in [0.2, 0.25) is 5.89 Å². The topological polar surface area (TPSA) is 56.0 Å². The summed E-state index contributed by atoms with van der Waals surface area (Å²) >= 11 is 11.6. The Balaban J connectivity index is 1.78. The maximum atomic E-state index is 13.2. The van der Waals surface area contributed by atoms with Gasteiger partial charge in [-0.3, -0.25) is 4.79 Å². The normalized spacial score (nSPS) is 21.3. The predicted octanol–water partition coefficient (Wildman–Crippen LogP) is 5.10. The second kappa shape index (κ2) is 6.82. The van der Waals surface area contributed by atoms with Gasteiger partial charge in [0.1, 0.15) is 9.91 Å². The lowest BCUT2D eigenvalue weighted by Gasteiger charge is -2.19. The van der Waals surface area contributed by atoms with Crippen molar-refractivity contribution in [2.24, 2.45) is 17.3 Å². The maximum absolute atomic E-state index is 13.2. The first-order valence-corrected chi connectivity index (χ1v) is 9.33. The fourth-order valence-corrected chi connectivity index (χ4v) is 3.75. The van der Waals surface area contributed by atoms with Gasteiger partial charge in [0.15, 0.2) is 11.6 Å². The molecule has 1 fully saturated rings. The number of hydrogen-bond donors (Lipinski definition) is 0. The third-order valence-electron chi connectivity index (χ3n) is 5.32. The molecule has 2 atom stereocenters. The smallest absolute Gasteiger partial charge is 0.239 e. The zero-order chi connectivity index (χ0) is 19.1. The van der Waals surface area contributed by atoms with E-state index in [0.29, 0.717) is 18.1 Å². The first-order valence-electron chi connectivity index (χ1n) is 8.58. The summed E-state index contributed by atoms with van der Waals surface area (Å²) in [6.45, 7) is 7.73. The molecule has 6 heteroatoms. The first kappa shape index (κ1) is 19.1. The number of halogens is 2. The second-order valence-corrected chi connectivity index (χ2v) is 8.96. The number of carbonyl (C=O) groups excluding carboxylic acids is 1. The molecule has 0 aliphatic heterocycles. The van der Waals surface area contributed by atoms with Crippen LogP contribution >= 0.6 is 23.2 Å². The van der Waals surface area contributed by atoms with Gasteiger partial charge in [-0.1, -0.05) is 72.5 Å². The molecule has 1 aromatic heterocycles. The van der Waals surface area contributed by atoms with Crippen molar-refractivity contribution < 1.29 is 9.32 Å². The summed E-state index contributed by atoms with van der Waals surface area (Å²) in [4.78, 5) is 17.6. The molecule has 1 aliphatic carbocycles. The van der Waals surface area contributed by atoms with E-state index in [1.54, 1.807) is 6.08 Å². The lowest BCUT2D eigenvalue weighted by Crippen LogP contribution is -2.32. The molecular formula is C20H22Cl2N2O2. The molecule has 1 aromatic carbocycles. The van der Waals surface area contributed by atoms with Crippen molar-refractivity contribution in [2.45, 2.75) is 39.5 Å². The zero-order valence-electron chi connectivity index (χ0n) is 15.3. The molecule has 4 nitrogen and oxygen atoms in total. The highest BCUT2D eigenvalue weighted by atomic mass is 35.5. The van der Waals surface area contributed by atoms with E-state index in [1.807, 2.05) is 58.0 Å². The van der Waals surface area contributed by atoms with Crippen LogP contribution in [0.15, 0.2) is 45.4 Å². The SMILES string of the molecule is CC(C)(C(=O)C1C(C=C(Cl)Cl)C1(C)C)c1nc(Cc2ccccc2)no1. The van der Waals surface area contributed by atoms with Gasteiger partial charge in [-0.15, -0.1) is 0 Å². The average molecular weight is 393 g/mol. The van der Waals surface area contributed by atoms with Crippen LogP contribution in [0.2, 0.25) is 0 Å². The first-order chi connectivity index (χ1) is 12.1. The zero-order valence-corrected chi connectivity index (χ0v) is 16.8. The van der Waals surface area contributed by atoms with Crippen molar-refractivity contribution in [3.05, 3.63) is 58.2 Å². The van der Waals surface area contributed by atoms with E-state index in [2.05, 4.69) is 10.1 Å². The molecule has 0 saturated heterocycles. The molecule has 3 rings (SSSR count). The highest BCUT2D eigenvalue weighted by molar-refractivity contribution is 6.55. The van der Waals surface area contributed by atoms with Crippen molar-refractivity contribution in [2.75, 3.05) is 0 Å². The Morgan fingerprint density at radius 2 is 1.92 bits per heavy atom. The van der Waals surface area contributed by atoms with E-state index in [0.717, 1.165) is 5.56 Å². The molecule has 0 bridgehead atoms. The number of hydrogen-bond acceptors (Lipinski definition) is 4. The Bertz CT molecular complexity index is 837. The largest absolute Gasteiger partial charge is 0.338 e. The molecule has 1 aliphatic rings. The number of ketones is 1. The van der Waals surface area contributed by atoms with Crippen LogP contribution in [0.25, 0.3) is 0 Å². The van der Waals surface area contributed by atoms with Crippen LogP contribution in [0, 0.1) is 17.3 Å². The van der Waals surface area contributed by atoms with Gasteiger partial charge in [0, 0.05) is 12.3 Å². The van der Waals surface area contributed by atoms with Crippen molar-refractivity contribution in [3.8, 4) is 0 Å².